The molecule has 0 fully saturated rings. The number of aromatic nitrogens is 2. The van der Waals surface area contributed by atoms with Crippen molar-refractivity contribution in [3.8, 4) is 0 Å². The van der Waals surface area contributed by atoms with E-state index in [2.05, 4.69) is 15.3 Å². The van der Waals surface area contributed by atoms with Crippen LogP contribution in [0.3, 0.4) is 0 Å². The van der Waals surface area contributed by atoms with E-state index in [0.29, 0.717) is 5.16 Å². The van der Waals surface area contributed by atoms with E-state index < -0.39 is 10.8 Å². The Morgan fingerprint density at radius 3 is 2.96 bits per heavy atom. The highest BCUT2D eigenvalue weighted by Gasteiger charge is 2.18. The maximum absolute atomic E-state index is 12.0. The molecule has 3 rings (SSSR count). The van der Waals surface area contributed by atoms with Crippen LogP contribution in [-0.2, 0) is 17.6 Å². The van der Waals surface area contributed by atoms with Crippen molar-refractivity contribution in [2.75, 3.05) is 11.1 Å². The van der Waals surface area contributed by atoms with Gasteiger partial charge in [-0.15, -0.1) is 0 Å². The molecule has 1 aromatic heterocycles. The molecular formula is C15H14N4O4S. The van der Waals surface area contributed by atoms with Crippen LogP contribution < -0.4 is 10.9 Å². The lowest BCUT2D eigenvalue weighted by Crippen LogP contribution is -2.18. The summed E-state index contributed by atoms with van der Waals surface area (Å²) >= 11 is 1.09. The third-order valence-electron chi connectivity index (χ3n) is 3.63. The summed E-state index contributed by atoms with van der Waals surface area (Å²) in [5, 5.41) is 13.8. The summed E-state index contributed by atoms with van der Waals surface area (Å²) in [7, 11) is 0. The zero-order valence-electron chi connectivity index (χ0n) is 12.6. The summed E-state index contributed by atoms with van der Waals surface area (Å²) in [6.07, 6.45) is 2.42. The van der Waals surface area contributed by atoms with Gasteiger partial charge < -0.3 is 10.3 Å². The number of aryl methyl sites for hydroxylation is 1. The van der Waals surface area contributed by atoms with Crippen molar-refractivity contribution in [2.24, 2.45) is 0 Å². The van der Waals surface area contributed by atoms with Gasteiger partial charge in [-0.25, -0.2) is 4.98 Å². The minimum atomic E-state index is -0.553. The topological polar surface area (TPSA) is 118 Å². The Bertz CT molecular complexity index is 865. The molecule has 24 heavy (non-hydrogen) atoms. The average Bonchev–Trinajstić information content (AvgIpc) is 3.02. The van der Waals surface area contributed by atoms with Gasteiger partial charge in [0.15, 0.2) is 5.16 Å². The quantitative estimate of drug-likeness (QED) is 0.369. The molecular weight excluding hydrogens is 332 g/mol. The van der Waals surface area contributed by atoms with Gasteiger partial charge in [-0.3, -0.25) is 19.7 Å². The molecule has 1 heterocycles. The van der Waals surface area contributed by atoms with Crippen molar-refractivity contribution in [1.29, 1.82) is 0 Å². The van der Waals surface area contributed by atoms with Gasteiger partial charge in [0.2, 0.25) is 5.91 Å². The van der Waals surface area contributed by atoms with Crippen molar-refractivity contribution >= 4 is 29.0 Å². The fourth-order valence-corrected chi connectivity index (χ4v) is 3.23. The highest BCUT2D eigenvalue weighted by Crippen LogP contribution is 2.24. The number of benzene rings is 1. The molecule has 1 aromatic carbocycles. The first kappa shape index (κ1) is 16.2. The summed E-state index contributed by atoms with van der Waals surface area (Å²) in [5.74, 6) is -0.411. The zero-order chi connectivity index (χ0) is 17.1. The molecule has 9 heteroatoms. The summed E-state index contributed by atoms with van der Waals surface area (Å²) in [6, 6.07) is 5.93. The van der Waals surface area contributed by atoms with Crippen LogP contribution in [0.1, 0.15) is 17.7 Å². The van der Waals surface area contributed by atoms with Crippen LogP contribution in [0.2, 0.25) is 0 Å². The number of para-hydroxylation sites is 2. The van der Waals surface area contributed by atoms with Crippen LogP contribution in [0.25, 0.3) is 0 Å². The van der Waals surface area contributed by atoms with Gasteiger partial charge in [-0.05, 0) is 25.3 Å². The number of thioether (sulfide) groups is 1. The molecule has 2 N–H and O–H groups in total. The second kappa shape index (κ2) is 6.83. The summed E-state index contributed by atoms with van der Waals surface area (Å²) in [5.41, 5.74) is 1.34. The molecule has 0 unspecified atom stereocenters. The summed E-state index contributed by atoms with van der Waals surface area (Å²) in [4.78, 5) is 41.3. The summed E-state index contributed by atoms with van der Waals surface area (Å²) < 4.78 is 0. The first-order chi connectivity index (χ1) is 11.5. The predicted octanol–water partition coefficient (Wildman–Crippen LogP) is 1.90. The number of fused-ring (bicyclic) bond motifs is 1. The minimum absolute atomic E-state index is 0.00618. The number of carbonyl (C=O) groups is 1. The number of nitrogens with zero attached hydrogens (tertiary/aromatic N) is 2. The van der Waals surface area contributed by atoms with E-state index >= 15 is 0 Å². The second-order valence-corrected chi connectivity index (χ2v) is 6.23. The highest BCUT2D eigenvalue weighted by atomic mass is 32.2. The Kier molecular flexibility index (Phi) is 4.61. The molecule has 2 aromatic rings. The average molecular weight is 346 g/mol. The number of aromatic amines is 1. The van der Waals surface area contributed by atoms with E-state index in [9.17, 15) is 19.7 Å². The number of carbonyl (C=O) groups excluding carboxylic acids is 1. The van der Waals surface area contributed by atoms with Crippen LogP contribution >= 0.6 is 11.8 Å². The van der Waals surface area contributed by atoms with E-state index in [0.717, 1.165) is 42.3 Å². The maximum atomic E-state index is 12.0. The minimum Gasteiger partial charge on any atom is -0.320 e. The first-order valence-corrected chi connectivity index (χ1v) is 8.31. The van der Waals surface area contributed by atoms with Gasteiger partial charge in [0, 0.05) is 11.6 Å². The van der Waals surface area contributed by atoms with Crippen molar-refractivity contribution in [2.45, 2.75) is 24.4 Å². The van der Waals surface area contributed by atoms with Crippen molar-refractivity contribution in [3.63, 3.8) is 0 Å². The third kappa shape index (κ3) is 3.46. The lowest BCUT2D eigenvalue weighted by Gasteiger charge is -2.06. The molecule has 0 aliphatic heterocycles. The predicted molar refractivity (Wildman–Crippen MR) is 89.3 cm³/mol. The van der Waals surface area contributed by atoms with Gasteiger partial charge >= 0.3 is 0 Å². The fraction of sp³-hybridized carbons (Fsp3) is 0.267. The van der Waals surface area contributed by atoms with Crippen LogP contribution in [0.15, 0.2) is 34.2 Å². The van der Waals surface area contributed by atoms with Crippen LogP contribution in [-0.4, -0.2) is 26.6 Å². The van der Waals surface area contributed by atoms with E-state index in [1.807, 2.05) is 0 Å². The van der Waals surface area contributed by atoms with Gasteiger partial charge in [-0.1, -0.05) is 23.9 Å². The molecule has 0 spiro atoms. The van der Waals surface area contributed by atoms with Gasteiger partial charge in [-0.2, -0.15) is 0 Å². The van der Waals surface area contributed by atoms with Gasteiger partial charge in [0.05, 0.1) is 16.4 Å². The van der Waals surface area contributed by atoms with E-state index in [4.69, 9.17) is 0 Å². The van der Waals surface area contributed by atoms with Crippen LogP contribution in [0.5, 0.6) is 0 Å². The van der Waals surface area contributed by atoms with Crippen LogP contribution in [0.4, 0.5) is 11.4 Å². The van der Waals surface area contributed by atoms with E-state index in [1.54, 1.807) is 6.07 Å². The second-order valence-electron chi connectivity index (χ2n) is 5.26. The third-order valence-corrected chi connectivity index (χ3v) is 4.51. The molecule has 0 atom stereocenters. The molecule has 1 aliphatic rings. The maximum Gasteiger partial charge on any atom is 0.292 e. The van der Waals surface area contributed by atoms with E-state index in [-0.39, 0.29) is 22.7 Å². The zero-order valence-corrected chi connectivity index (χ0v) is 13.4. The molecule has 0 saturated carbocycles. The van der Waals surface area contributed by atoms with Crippen LogP contribution in [0, 0.1) is 10.1 Å². The monoisotopic (exact) mass is 346 g/mol. The Labute approximate surface area is 140 Å². The molecule has 0 saturated heterocycles. The SMILES string of the molecule is O=C(CSc1nc2c(c(=O)[nH]1)CCC2)Nc1ccccc1[N+](=O)[O-]. The molecule has 8 nitrogen and oxygen atoms in total. The first-order valence-electron chi connectivity index (χ1n) is 7.33. The van der Waals surface area contributed by atoms with Crippen molar-refractivity contribution in [3.05, 3.63) is 56.0 Å². The Morgan fingerprint density at radius 1 is 1.38 bits per heavy atom. The van der Waals surface area contributed by atoms with Crippen molar-refractivity contribution < 1.29 is 9.72 Å². The largest absolute Gasteiger partial charge is 0.320 e. The Balaban J connectivity index is 1.66. The fourth-order valence-electron chi connectivity index (χ4n) is 2.55. The molecule has 1 amide bonds. The molecule has 1 aliphatic carbocycles. The van der Waals surface area contributed by atoms with Crippen molar-refractivity contribution in [1.82, 2.24) is 9.97 Å². The van der Waals surface area contributed by atoms with E-state index in [1.165, 1.54) is 18.2 Å². The number of nitro benzene ring substituents is 1. The van der Waals surface area contributed by atoms with Gasteiger partial charge in [0.1, 0.15) is 5.69 Å². The molecule has 124 valence electrons. The van der Waals surface area contributed by atoms with Gasteiger partial charge in [0.25, 0.3) is 11.2 Å². The number of hydrogen-bond donors (Lipinski definition) is 2. The number of rotatable bonds is 5. The standard InChI is InChI=1S/C15H14N4O4S/c20-13(16-11-5-1-2-7-12(11)19(22)23)8-24-15-17-10-6-3-4-9(10)14(21)18-15/h1-2,5,7H,3-4,6,8H2,(H,16,20)(H,17,18,21). The normalized spacial score (nSPS) is 12.7. The smallest absolute Gasteiger partial charge is 0.292 e. The lowest BCUT2D eigenvalue weighted by molar-refractivity contribution is -0.383. The number of nitro groups is 1. The number of hydrogen-bond acceptors (Lipinski definition) is 6. The molecule has 0 bridgehead atoms. The Hall–Kier alpha value is -2.68. The number of H-pyrrole nitrogens is 1. The number of nitrogens with one attached hydrogen (secondary N) is 2. The molecule has 0 radical (unpaired) electrons. The summed E-state index contributed by atoms with van der Waals surface area (Å²) in [6.45, 7) is 0. The number of amides is 1. The Morgan fingerprint density at radius 2 is 2.17 bits per heavy atom. The highest BCUT2D eigenvalue weighted by molar-refractivity contribution is 7.99. The number of anilines is 1. The lowest BCUT2D eigenvalue weighted by atomic mass is 10.2.